The third kappa shape index (κ3) is 3.79. The fourth-order valence-corrected chi connectivity index (χ4v) is 4.40. The van der Waals surface area contributed by atoms with Crippen LogP contribution in [-0.2, 0) is 11.8 Å². The van der Waals surface area contributed by atoms with Gasteiger partial charge in [-0.05, 0) is 49.2 Å². The highest BCUT2D eigenvalue weighted by Gasteiger charge is 2.07. The van der Waals surface area contributed by atoms with Gasteiger partial charge in [0.25, 0.3) is 0 Å². The largest absolute Gasteiger partial charge is 0.319 e. The third-order valence-electron chi connectivity index (χ3n) is 3.97. The Hall–Kier alpha value is -1.85. The Morgan fingerprint density at radius 3 is 2.62 bits per heavy atom. The molecule has 0 aliphatic heterocycles. The summed E-state index contributed by atoms with van der Waals surface area (Å²) in [5.41, 5.74) is 3.66. The second-order valence-electron chi connectivity index (χ2n) is 5.76. The highest BCUT2D eigenvalue weighted by Crippen LogP contribution is 2.21. The molecule has 124 valence electrons. The minimum atomic E-state index is -0.0611. The number of rotatable bonds is 4. The predicted octanol–water partition coefficient (Wildman–Crippen LogP) is 4.47. The van der Waals surface area contributed by atoms with Crippen molar-refractivity contribution in [2.24, 2.45) is 12.0 Å². The average molecular weight is 357 g/mol. The van der Waals surface area contributed by atoms with Gasteiger partial charge in [-0.1, -0.05) is 29.5 Å². The molecule has 5 heteroatoms. The number of thioether (sulfide) groups is 1. The Balaban J connectivity index is 1.74. The summed E-state index contributed by atoms with van der Waals surface area (Å²) in [6.07, 6.45) is 0.450. The molecular formula is C19H20N2OS2. The first-order valence-electron chi connectivity index (χ1n) is 7.87. The summed E-state index contributed by atoms with van der Waals surface area (Å²) >= 11 is 3.26. The first kappa shape index (κ1) is 17.0. The van der Waals surface area contributed by atoms with Crippen molar-refractivity contribution in [2.45, 2.75) is 25.2 Å². The molecule has 3 nitrogen and oxygen atoms in total. The Morgan fingerprint density at radius 2 is 1.88 bits per heavy atom. The van der Waals surface area contributed by atoms with Crippen molar-refractivity contribution in [1.82, 2.24) is 4.57 Å². The standard InChI is InChI=1S/C19H20N2OS2/c1-13-11-16-17(12-14(13)2)24-19(21(16)3)20-18(22)9-10-23-15-7-5-4-6-8-15/h4-8,11-12H,9-10H2,1-3H3. The molecule has 0 saturated carbocycles. The van der Waals surface area contributed by atoms with Gasteiger partial charge in [0.15, 0.2) is 4.80 Å². The molecular weight excluding hydrogens is 336 g/mol. The van der Waals surface area contributed by atoms with Gasteiger partial charge >= 0.3 is 0 Å². The molecule has 1 heterocycles. The Morgan fingerprint density at radius 1 is 1.17 bits per heavy atom. The molecule has 1 amide bonds. The van der Waals surface area contributed by atoms with Crippen molar-refractivity contribution in [3.8, 4) is 0 Å². The van der Waals surface area contributed by atoms with Gasteiger partial charge in [0.2, 0.25) is 5.91 Å². The number of carbonyl (C=O) groups is 1. The summed E-state index contributed by atoms with van der Waals surface area (Å²) in [5.74, 6) is 0.688. The van der Waals surface area contributed by atoms with Crippen molar-refractivity contribution in [1.29, 1.82) is 0 Å². The zero-order chi connectivity index (χ0) is 17.1. The first-order chi connectivity index (χ1) is 11.5. The van der Waals surface area contributed by atoms with E-state index < -0.39 is 0 Å². The molecule has 1 aromatic heterocycles. The van der Waals surface area contributed by atoms with Crippen LogP contribution in [0.1, 0.15) is 17.5 Å². The Kier molecular flexibility index (Phi) is 5.21. The van der Waals surface area contributed by atoms with Crippen LogP contribution in [0.5, 0.6) is 0 Å². The number of thiazole rings is 1. The van der Waals surface area contributed by atoms with E-state index in [9.17, 15) is 4.79 Å². The van der Waals surface area contributed by atoms with Gasteiger partial charge in [-0.3, -0.25) is 4.79 Å². The maximum Gasteiger partial charge on any atom is 0.249 e. The molecule has 0 bridgehead atoms. The van der Waals surface area contributed by atoms with Crippen molar-refractivity contribution in [3.63, 3.8) is 0 Å². The summed E-state index contributed by atoms with van der Waals surface area (Å²) in [4.78, 5) is 18.4. The zero-order valence-corrected chi connectivity index (χ0v) is 15.7. The van der Waals surface area contributed by atoms with E-state index in [2.05, 4.69) is 43.1 Å². The smallest absolute Gasteiger partial charge is 0.249 e. The fraction of sp³-hybridized carbons (Fsp3) is 0.263. The minimum Gasteiger partial charge on any atom is -0.319 e. The summed E-state index contributed by atoms with van der Waals surface area (Å²) in [5, 5.41) is 0. The quantitative estimate of drug-likeness (QED) is 0.647. The fourth-order valence-electron chi connectivity index (χ4n) is 2.42. The Bertz CT molecular complexity index is 939. The lowest BCUT2D eigenvalue weighted by Gasteiger charge is -2.01. The van der Waals surface area contributed by atoms with E-state index in [1.165, 1.54) is 20.7 Å². The maximum absolute atomic E-state index is 12.2. The van der Waals surface area contributed by atoms with Gasteiger partial charge in [0.1, 0.15) is 0 Å². The lowest BCUT2D eigenvalue weighted by Crippen LogP contribution is -2.13. The number of amides is 1. The van der Waals surface area contributed by atoms with Crippen LogP contribution < -0.4 is 4.80 Å². The molecule has 3 aromatic rings. The SMILES string of the molecule is Cc1cc2sc(=NC(=O)CCSc3ccccc3)n(C)c2cc1C. The van der Waals surface area contributed by atoms with Crippen molar-refractivity contribution < 1.29 is 4.79 Å². The van der Waals surface area contributed by atoms with Crippen LogP contribution in [0, 0.1) is 13.8 Å². The lowest BCUT2D eigenvalue weighted by molar-refractivity contribution is -0.117. The van der Waals surface area contributed by atoms with E-state index in [1.807, 2.05) is 29.8 Å². The van der Waals surface area contributed by atoms with Gasteiger partial charge in [-0.25, -0.2) is 0 Å². The molecule has 0 aliphatic rings. The van der Waals surface area contributed by atoms with Crippen LogP contribution in [0.2, 0.25) is 0 Å². The molecule has 0 N–H and O–H groups in total. The Labute approximate surface area is 150 Å². The number of benzene rings is 2. The number of aromatic nitrogens is 1. The van der Waals surface area contributed by atoms with E-state index in [0.29, 0.717) is 6.42 Å². The summed E-state index contributed by atoms with van der Waals surface area (Å²) in [7, 11) is 1.97. The van der Waals surface area contributed by atoms with E-state index in [0.717, 1.165) is 16.1 Å². The van der Waals surface area contributed by atoms with E-state index in [1.54, 1.807) is 23.1 Å². The normalized spacial score (nSPS) is 12.0. The molecule has 0 radical (unpaired) electrons. The van der Waals surface area contributed by atoms with Gasteiger partial charge in [-0.2, -0.15) is 4.99 Å². The monoisotopic (exact) mass is 356 g/mol. The van der Waals surface area contributed by atoms with Crippen molar-refractivity contribution >= 4 is 39.2 Å². The number of aryl methyl sites for hydroxylation is 3. The van der Waals surface area contributed by atoms with Crippen LogP contribution in [0.25, 0.3) is 10.2 Å². The number of hydrogen-bond donors (Lipinski definition) is 0. The van der Waals surface area contributed by atoms with Gasteiger partial charge < -0.3 is 4.57 Å². The zero-order valence-electron chi connectivity index (χ0n) is 14.1. The van der Waals surface area contributed by atoms with Gasteiger partial charge in [0.05, 0.1) is 10.2 Å². The van der Waals surface area contributed by atoms with Crippen LogP contribution in [0.3, 0.4) is 0 Å². The van der Waals surface area contributed by atoms with Crippen LogP contribution in [0.4, 0.5) is 0 Å². The van der Waals surface area contributed by atoms with Crippen LogP contribution >= 0.6 is 23.1 Å². The highest BCUT2D eigenvalue weighted by molar-refractivity contribution is 7.99. The molecule has 2 aromatic carbocycles. The van der Waals surface area contributed by atoms with Crippen LogP contribution in [0.15, 0.2) is 52.4 Å². The molecule has 24 heavy (non-hydrogen) atoms. The average Bonchev–Trinajstić information content (AvgIpc) is 2.85. The first-order valence-corrected chi connectivity index (χ1v) is 9.67. The summed E-state index contributed by atoms with van der Waals surface area (Å²) < 4.78 is 3.18. The summed E-state index contributed by atoms with van der Waals surface area (Å²) in [6.45, 7) is 4.21. The van der Waals surface area contributed by atoms with Gasteiger partial charge in [-0.15, -0.1) is 11.8 Å². The second kappa shape index (κ2) is 7.36. The number of carbonyl (C=O) groups excluding carboxylic acids is 1. The van der Waals surface area contributed by atoms with Crippen molar-refractivity contribution in [2.75, 3.05) is 5.75 Å². The van der Waals surface area contributed by atoms with E-state index in [4.69, 9.17) is 0 Å². The molecule has 0 aliphatic carbocycles. The number of nitrogens with zero attached hydrogens (tertiary/aromatic N) is 2. The molecule has 0 spiro atoms. The minimum absolute atomic E-state index is 0.0611. The van der Waals surface area contributed by atoms with E-state index >= 15 is 0 Å². The molecule has 0 fully saturated rings. The molecule has 3 rings (SSSR count). The van der Waals surface area contributed by atoms with Gasteiger partial charge in [0, 0.05) is 24.1 Å². The highest BCUT2D eigenvalue weighted by atomic mass is 32.2. The molecule has 0 atom stereocenters. The third-order valence-corrected chi connectivity index (χ3v) is 6.08. The number of fused-ring (bicyclic) bond motifs is 1. The molecule has 0 unspecified atom stereocenters. The lowest BCUT2D eigenvalue weighted by atomic mass is 10.1. The summed E-state index contributed by atoms with van der Waals surface area (Å²) in [6, 6.07) is 14.5. The molecule has 0 saturated heterocycles. The topological polar surface area (TPSA) is 34.4 Å². The predicted molar refractivity (Wildman–Crippen MR) is 103 cm³/mol. The number of hydrogen-bond acceptors (Lipinski definition) is 3. The van der Waals surface area contributed by atoms with E-state index in [-0.39, 0.29) is 5.91 Å². The van der Waals surface area contributed by atoms with Crippen LogP contribution in [-0.4, -0.2) is 16.2 Å². The maximum atomic E-state index is 12.2. The van der Waals surface area contributed by atoms with Crippen molar-refractivity contribution in [3.05, 3.63) is 58.4 Å². The second-order valence-corrected chi connectivity index (χ2v) is 7.94.